The van der Waals surface area contributed by atoms with Crippen LogP contribution in [0, 0.1) is 6.92 Å². The third kappa shape index (κ3) is 3.40. The molecule has 21 heavy (non-hydrogen) atoms. The van der Waals surface area contributed by atoms with Crippen molar-refractivity contribution >= 4 is 21.9 Å². The molecule has 1 aromatic rings. The number of carbonyl (C=O) groups excluding carboxylic acids is 1. The largest absolute Gasteiger partial charge is 0.478 e. The Labute approximate surface area is 122 Å². The van der Waals surface area contributed by atoms with Crippen LogP contribution in [0.5, 0.6) is 0 Å². The number of rotatable bonds is 5. The van der Waals surface area contributed by atoms with E-state index in [-0.39, 0.29) is 34.5 Å². The lowest BCUT2D eigenvalue weighted by molar-refractivity contribution is -0.119. The number of hydrogen-bond acceptors (Lipinski definition) is 4. The zero-order valence-corrected chi connectivity index (χ0v) is 12.2. The minimum absolute atomic E-state index is 0.0490. The van der Waals surface area contributed by atoms with Gasteiger partial charge in [0.25, 0.3) is 0 Å². The van der Waals surface area contributed by atoms with Gasteiger partial charge in [-0.2, -0.15) is 0 Å². The summed E-state index contributed by atoms with van der Waals surface area (Å²) in [5.41, 5.74) is 0.139. The molecule has 1 amide bonds. The normalized spacial score (nSPS) is 18.5. The van der Waals surface area contributed by atoms with Crippen molar-refractivity contribution in [1.29, 1.82) is 0 Å². The Morgan fingerprint density at radius 1 is 1.48 bits per heavy atom. The molecule has 1 aliphatic heterocycles. The monoisotopic (exact) mass is 312 g/mol. The van der Waals surface area contributed by atoms with Gasteiger partial charge in [0, 0.05) is 19.0 Å². The maximum Gasteiger partial charge on any atom is 0.335 e. The van der Waals surface area contributed by atoms with Crippen LogP contribution in [-0.4, -0.2) is 38.0 Å². The lowest BCUT2D eigenvalue weighted by Crippen LogP contribution is -2.38. The van der Waals surface area contributed by atoms with Crippen LogP contribution in [0.1, 0.15) is 28.8 Å². The number of nitrogens with one attached hydrogen (secondary N) is 2. The molecule has 0 bridgehead atoms. The number of amides is 1. The van der Waals surface area contributed by atoms with Gasteiger partial charge in [-0.3, -0.25) is 4.79 Å². The predicted molar refractivity (Wildman–Crippen MR) is 74.5 cm³/mol. The Morgan fingerprint density at radius 3 is 2.76 bits per heavy atom. The van der Waals surface area contributed by atoms with E-state index in [1.54, 1.807) is 0 Å². The lowest BCUT2D eigenvalue weighted by atomic mass is 10.1. The molecule has 1 heterocycles. The van der Waals surface area contributed by atoms with Crippen molar-refractivity contribution in [3.8, 4) is 0 Å². The van der Waals surface area contributed by atoms with Gasteiger partial charge in [0.1, 0.15) is 0 Å². The summed E-state index contributed by atoms with van der Waals surface area (Å²) in [6.45, 7) is 1.54. The van der Waals surface area contributed by atoms with Gasteiger partial charge in [-0.1, -0.05) is 6.07 Å². The highest BCUT2D eigenvalue weighted by atomic mass is 32.2. The number of benzene rings is 1. The third-order valence-corrected chi connectivity index (χ3v) is 4.98. The van der Waals surface area contributed by atoms with Crippen molar-refractivity contribution in [2.45, 2.75) is 30.7 Å². The maximum atomic E-state index is 12.2. The minimum atomic E-state index is -3.82. The maximum absolute atomic E-state index is 12.2. The summed E-state index contributed by atoms with van der Waals surface area (Å²) in [6, 6.07) is 3.88. The third-order valence-electron chi connectivity index (χ3n) is 3.41. The molecule has 114 valence electrons. The van der Waals surface area contributed by atoms with Crippen molar-refractivity contribution in [3.63, 3.8) is 0 Å². The fraction of sp³-hybridized carbons (Fsp3) is 0.385. The molecule has 3 N–H and O–H groups in total. The van der Waals surface area contributed by atoms with E-state index in [0.717, 1.165) is 0 Å². The van der Waals surface area contributed by atoms with Crippen molar-refractivity contribution in [2.24, 2.45) is 0 Å². The summed E-state index contributed by atoms with van der Waals surface area (Å²) in [7, 11) is -3.82. The second-order valence-corrected chi connectivity index (χ2v) is 6.62. The molecule has 0 radical (unpaired) electrons. The second-order valence-electron chi connectivity index (χ2n) is 4.89. The Balaban J connectivity index is 2.18. The molecule has 2 rings (SSSR count). The summed E-state index contributed by atoms with van der Waals surface area (Å²) in [5, 5.41) is 11.7. The van der Waals surface area contributed by atoms with Crippen LogP contribution >= 0.6 is 0 Å². The average molecular weight is 312 g/mol. The van der Waals surface area contributed by atoms with Gasteiger partial charge in [-0.25, -0.2) is 17.9 Å². The summed E-state index contributed by atoms with van der Waals surface area (Å²) in [4.78, 5) is 22.0. The topological polar surface area (TPSA) is 113 Å². The van der Waals surface area contributed by atoms with Gasteiger partial charge in [-0.15, -0.1) is 0 Å². The highest BCUT2D eigenvalue weighted by Gasteiger charge is 2.25. The van der Waals surface area contributed by atoms with E-state index in [4.69, 9.17) is 5.11 Å². The molecule has 1 fully saturated rings. The van der Waals surface area contributed by atoms with Crippen molar-refractivity contribution in [2.75, 3.05) is 6.54 Å². The molecule has 0 saturated carbocycles. The van der Waals surface area contributed by atoms with E-state index in [1.165, 1.54) is 25.1 Å². The Hall–Kier alpha value is -1.93. The summed E-state index contributed by atoms with van der Waals surface area (Å²) < 4.78 is 26.9. The summed E-state index contributed by atoms with van der Waals surface area (Å²) in [5.74, 6) is -1.27. The van der Waals surface area contributed by atoms with E-state index in [2.05, 4.69) is 10.0 Å². The molecule has 1 atom stereocenters. The fourth-order valence-corrected chi connectivity index (χ4v) is 3.60. The Kier molecular flexibility index (Phi) is 4.29. The number of sulfonamides is 1. The molecule has 1 aliphatic rings. The van der Waals surface area contributed by atoms with Crippen LogP contribution in [0.3, 0.4) is 0 Å². The first-order valence-electron chi connectivity index (χ1n) is 6.43. The first-order valence-corrected chi connectivity index (χ1v) is 7.91. The van der Waals surface area contributed by atoms with Gasteiger partial charge >= 0.3 is 5.97 Å². The number of carboxylic acid groups (broad SMARTS) is 1. The number of hydrogen-bond donors (Lipinski definition) is 3. The van der Waals surface area contributed by atoms with E-state index in [9.17, 15) is 18.0 Å². The van der Waals surface area contributed by atoms with Crippen LogP contribution in [0.15, 0.2) is 23.1 Å². The first kappa shape index (κ1) is 15.5. The van der Waals surface area contributed by atoms with Crippen LogP contribution < -0.4 is 10.0 Å². The molecule has 0 aromatic heterocycles. The zero-order valence-electron chi connectivity index (χ0n) is 11.4. The standard InChI is InChI=1S/C13H16N2O5S/c1-8-10(13(17)18)3-2-4-11(8)21(19,20)14-7-9-5-6-12(16)15-9/h2-4,9,14H,5-7H2,1H3,(H,15,16)(H,17,18). The summed E-state index contributed by atoms with van der Waals surface area (Å²) >= 11 is 0. The number of carbonyl (C=O) groups is 2. The highest BCUT2D eigenvalue weighted by molar-refractivity contribution is 7.89. The number of carboxylic acids is 1. The van der Waals surface area contributed by atoms with Crippen LogP contribution in [0.2, 0.25) is 0 Å². The zero-order chi connectivity index (χ0) is 15.6. The quantitative estimate of drug-likeness (QED) is 0.721. The molecule has 8 heteroatoms. The van der Waals surface area contributed by atoms with Crippen LogP contribution in [-0.2, 0) is 14.8 Å². The smallest absolute Gasteiger partial charge is 0.335 e. The van der Waals surface area contributed by atoms with Crippen molar-refractivity contribution in [3.05, 3.63) is 29.3 Å². The Morgan fingerprint density at radius 2 is 2.19 bits per heavy atom. The van der Waals surface area contributed by atoms with Gasteiger partial charge in [0.2, 0.25) is 15.9 Å². The Bertz CT molecular complexity index is 684. The molecule has 1 saturated heterocycles. The van der Waals surface area contributed by atoms with Crippen molar-refractivity contribution < 1.29 is 23.1 Å². The highest BCUT2D eigenvalue weighted by Crippen LogP contribution is 2.19. The molecular formula is C13H16N2O5S. The van der Waals surface area contributed by atoms with Crippen LogP contribution in [0.4, 0.5) is 0 Å². The predicted octanol–water partition coefficient (Wildman–Crippen LogP) is 0.250. The average Bonchev–Trinajstić information content (AvgIpc) is 2.82. The van der Waals surface area contributed by atoms with Gasteiger partial charge < -0.3 is 10.4 Å². The fourth-order valence-electron chi connectivity index (χ4n) is 2.26. The molecule has 1 aromatic carbocycles. The first-order chi connectivity index (χ1) is 9.81. The minimum Gasteiger partial charge on any atom is -0.478 e. The van der Waals surface area contributed by atoms with Crippen molar-refractivity contribution in [1.82, 2.24) is 10.0 Å². The second kappa shape index (κ2) is 5.82. The van der Waals surface area contributed by atoms with Gasteiger partial charge in [-0.05, 0) is 31.0 Å². The number of aromatic carboxylic acids is 1. The molecule has 0 aliphatic carbocycles. The molecule has 1 unspecified atom stereocenters. The lowest BCUT2D eigenvalue weighted by Gasteiger charge is -2.14. The van der Waals surface area contributed by atoms with E-state index < -0.39 is 16.0 Å². The van der Waals surface area contributed by atoms with E-state index in [1.807, 2.05) is 0 Å². The molecule has 7 nitrogen and oxygen atoms in total. The van der Waals surface area contributed by atoms with E-state index >= 15 is 0 Å². The van der Waals surface area contributed by atoms with Crippen LogP contribution in [0.25, 0.3) is 0 Å². The molecule has 0 spiro atoms. The van der Waals surface area contributed by atoms with E-state index in [0.29, 0.717) is 12.8 Å². The van der Waals surface area contributed by atoms with Gasteiger partial charge in [0.05, 0.1) is 10.5 Å². The summed E-state index contributed by atoms with van der Waals surface area (Å²) in [6.07, 6.45) is 0.968. The van der Waals surface area contributed by atoms with Gasteiger partial charge in [0.15, 0.2) is 0 Å². The SMILES string of the molecule is Cc1c(C(=O)O)cccc1S(=O)(=O)NCC1CCC(=O)N1. The molecular weight excluding hydrogens is 296 g/mol.